The normalized spacial score (nSPS) is 10.8. The summed E-state index contributed by atoms with van der Waals surface area (Å²) >= 11 is 3.45. The molecule has 2 heterocycles. The van der Waals surface area contributed by atoms with E-state index >= 15 is 0 Å². The third-order valence-electron chi connectivity index (χ3n) is 2.86. The number of hydrogen-bond donors (Lipinski definition) is 1. The third-order valence-corrected chi connectivity index (χ3v) is 3.48. The Labute approximate surface area is 117 Å². The molecule has 0 aliphatic heterocycles. The Kier molecular flexibility index (Phi) is 2.83. The molecule has 0 bridgehead atoms. The molecule has 0 saturated carbocycles. The number of carbonyl (C=O) groups is 1. The molecule has 0 amide bonds. The number of pyridine rings is 1. The molecular formula is C14H9BrN2O2. The van der Waals surface area contributed by atoms with Gasteiger partial charge in [-0.3, -0.25) is 0 Å². The summed E-state index contributed by atoms with van der Waals surface area (Å²) in [5.74, 6) is -0.927. The molecule has 3 aromatic rings. The van der Waals surface area contributed by atoms with Gasteiger partial charge in [-0.15, -0.1) is 0 Å². The lowest BCUT2D eigenvalue weighted by Crippen LogP contribution is -1.94. The number of benzene rings is 1. The fraction of sp³-hybridized carbons (Fsp3) is 0. The van der Waals surface area contributed by atoms with Gasteiger partial charge in [-0.25, -0.2) is 9.78 Å². The minimum absolute atomic E-state index is 0.272. The van der Waals surface area contributed by atoms with Crippen LogP contribution in [0, 0.1) is 0 Å². The molecule has 0 spiro atoms. The Morgan fingerprint density at radius 1 is 1.21 bits per heavy atom. The predicted octanol–water partition coefficient (Wildman–Crippen LogP) is 3.46. The van der Waals surface area contributed by atoms with E-state index in [0.717, 1.165) is 21.4 Å². The van der Waals surface area contributed by atoms with E-state index in [1.54, 1.807) is 24.3 Å². The lowest BCUT2D eigenvalue weighted by atomic mass is 10.1. The van der Waals surface area contributed by atoms with Crippen molar-refractivity contribution in [3.63, 3.8) is 0 Å². The van der Waals surface area contributed by atoms with E-state index in [2.05, 4.69) is 20.9 Å². The van der Waals surface area contributed by atoms with Gasteiger partial charge in [-0.2, -0.15) is 0 Å². The number of halogens is 1. The maximum absolute atomic E-state index is 10.8. The first-order chi connectivity index (χ1) is 9.15. The summed E-state index contributed by atoms with van der Waals surface area (Å²) in [7, 11) is 0. The van der Waals surface area contributed by atoms with Gasteiger partial charge in [0.25, 0.3) is 0 Å². The second kappa shape index (κ2) is 4.51. The highest BCUT2D eigenvalue weighted by molar-refractivity contribution is 9.10. The van der Waals surface area contributed by atoms with E-state index in [0.29, 0.717) is 0 Å². The van der Waals surface area contributed by atoms with Crippen LogP contribution in [-0.2, 0) is 0 Å². The summed E-state index contributed by atoms with van der Waals surface area (Å²) in [4.78, 5) is 15.3. The van der Waals surface area contributed by atoms with Gasteiger partial charge in [0.05, 0.1) is 15.7 Å². The van der Waals surface area contributed by atoms with E-state index < -0.39 is 5.97 Å². The summed E-state index contributed by atoms with van der Waals surface area (Å²) in [6.45, 7) is 0. The third kappa shape index (κ3) is 2.13. The van der Waals surface area contributed by atoms with Gasteiger partial charge in [-0.1, -0.05) is 12.1 Å². The van der Waals surface area contributed by atoms with Gasteiger partial charge in [0.2, 0.25) is 0 Å². The van der Waals surface area contributed by atoms with Gasteiger partial charge in [0.1, 0.15) is 0 Å². The molecule has 5 heteroatoms. The SMILES string of the molecule is O=C(O)c1ccc(-c2cn3cccc(Br)c3n2)cc1. The van der Waals surface area contributed by atoms with Gasteiger partial charge < -0.3 is 9.51 Å². The monoisotopic (exact) mass is 316 g/mol. The highest BCUT2D eigenvalue weighted by Crippen LogP contribution is 2.23. The number of carboxylic acid groups (broad SMARTS) is 1. The van der Waals surface area contributed by atoms with Crippen LogP contribution in [0.25, 0.3) is 16.9 Å². The minimum Gasteiger partial charge on any atom is -0.478 e. The van der Waals surface area contributed by atoms with Crippen molar-refractivity contribution in [3.05, 3.63) is 58.8 Å². The Bertz CT molecular complexity index is 763. The van der Waals surface area contributed by atoms with E-state index in [4.69, 9.17) is 5.11 Å². The van der Waals surface area contributed by atoms with Gasteiger partial charge in [-0.05, 0) is 40.2 Å². The standard InChI is InChI=1S/C14H9BrN2O2/c15-11-2-1-7-17-8-12(16-13(11)17)9-3-5-10(6-4-9)14(18)19/h1-8H,(H,18,19). The lowest BCUT2D eigenvalue weighted by Gasteiger charge is -1.97. The molecule has 0 aliphatic carbocycles. The van der Waals surface area contributed by atoms with E-state index in [-0.39, 0.29) is 5.56 Å². The second-order valence-electron chi connectivity index (χ2n) is 4.10. The van der Waals surface area contributed by atoms with Crippen LogP contribution in [0.2, 0.25) is 0 Å². The van der Waals surface area contributed by atoms with Crippen molar-refractivity contribution in [1.82, 2.24) is 9.38 Å². The average molecular weight is 317 g/mol. The van der Waals surface area contributed by atoms with Crippen LogP contribution < -0.4 is 0 Å². The number of hydrogen-bond acceptors (Lipinski definition) is 2. The van der Waals surface area contributed by atoms with Crippen molar-refractivity contribution < 1.29 is 9.90 Å². The molecule has 19 heavy (non-hydrogen) atoms. The molecule has 2 aromatic heterocycles. The maximum atomic E-state index is 10.8. The predicted molar refractivity (Wildman–Crippen MR) is 75.3 cm³/mol. The number of aromatic carboxylic acids is 1. The molecule has 0 aliphatic rings. The minimum atomic E-state index is -0.927. The van der Waals surface area contributed by atoms with Crippen molar-refractivity contribution in [3.8, 4) is 11.3 Å². The van der Waals surface area contributed by atoms with E-state index in [1.165, 1.54) is 0 Å². The van der Waals surface area contributed by atoms with Crippen LogP contribution in [0.3, 0.4) is 0 Å². The summed E-state index contributed by atoms with van der Waals surface area (Å²) in [6, 6.07) is 10.5. The van der Waals surface area contributed by atoms with Crippen LogP contribution in [0.1, 0.15) is 10.4 Å². The number of rotatable bonds is 2. The largest absolute Gasteiger partial charge is 0.478 e. The summed E-state index contributed by atoms with van der Waals surface area (Å²) in [5.41, 5.74) is 2.80. The number of fused-ring (bicyclic) bond motifs is 1. The van der Waals surface area contributed by atoms with Crippen molar-refractivity contribution in [1.29, 1.82) is 0 Å². The molecule has 0 atom stereocenters. The molecular weight excluding hydrogens is 308 g/mol. The Balaban J connectivity index is 2.09. The van der Waals surface area contributed by atoms with Crippen molar-refractivity contribution in [2.75, 3.05) is 0 Å². The van der Waals surface area contributed by atoms with Crippen LogP contribution in [0.5, 0.6) is 0 Å². The first-order valence-electron chi connectivity index (χ1n) is 5.62. The molecule has 4 nitrogen and oxygen atoms in total. The molecule has 3 rings (SSSR count). The molecule has 0 saturated heterocycles. The highest BCUT2D eigenvalue weighted by Gasteiger charge is 2.08. The summed E-state index contributed by atoms with van der Waals surface area (Å²) < 4.78 is 2.84. The first kappa shape index (κ1) is 11.9. The van der Waals surface area contributed by atoms with Crippen LogP contribution >= 0.6 is 15.9 Å². The zero-order valence-corrected chi connectivity index (χ0v) is 11.3. The Morgan fingerprint density at radius 3 is 2.58 bits per heavy atom. The van der Waals surface area contributed by atoms with Crippen molar-refractivity contribution >= 4 is 27.5 Å². The van der Waals surface area contributed by atoms with Crippen LogP contribution in [0.4, 0.5) is 0 Å². The average Bonchev–Trinajstić information content (AvgIpc) is 2.84. The van der Waals surface area contributed by atoms with Crippen molar-refractivity contribution in [2.45, 2.75) is 0 Å². The molecule has 94 valence electrons. The molecule has 1 N–H and O–H groups in total. The summed E-state index contributed by atoms with van der Waals surface area (Å²) in [5, 5.41) is 8.87. The number of imidazole rings is 1. The van der Waals surface area contributed by atoms with Gasteiger partial charge >= 0.3 is 5.97 Å². The second-order valence-corrected chi connectivity index (χ2v) is 4.95. The van der Waals surface area contributed by atoms with Gasteiger partial charge in [0, 0.05) is 18.0 Å². The smallest absolute Gasteiger partial charge is 0.335 e. The summed E-state index contributed by atoms with van der Waals surface area (Å²) in [6.07, 6.45) is 3.83. The molecule has 0 radical (unpaired) electrons. The van der Waals surface area contributed by atoms with Gasteiger partial charge in [0.15, 0.2) is 5.65 Å². The topological polar surface area (TPSA) is 54.6 Å². The Morgan fingerprint density at radius 2 is 1.95 bits per heavy atom. The van der Waals surface area contributed by atoms with Crippen LogP contribution in [0.15, 0.2) is 53.3 Å². The van der Waals surface area contributed by atoms with Crippen LogP contribution in [-0.4, -0.2) is 20.5 Å². The number of aromatic nitrogens is 2. The zero-order valence-electron chi connectivity index (χ0n) is 9.75. The quantitative estimate of drug-likeness (QED) is 0.787. The Hall–Kier alpha value is -2.14. The fourth-order valence-electron chi connectivity index (χ4n) is 1.90. The molecule has 0 unspecified atom stereocenters. The van der Waals surface area contributed by atoms with E-state index in [9.17, 15) is 4.79 Å². The number of nitrogens with zero attached hydrogens (tertiary/aromatic N) is 2. The van der Waals surface area contributed by atoms with E-state index in [1.807, 2.05) is 28.9 Å². The lowest BCUT2D eigenvalue weighted by molar-refractivity contribution is 0.0697. The first-order valence-corrected chi connectivity index (χ1v) is 6.41. The molecule has 0 fully saturated rings. The maximum Gasteiger partial charge on any atom is 0.335 e. The zero-order chi connectivity index (χ0) is 13.4. The highest BCUT2D eigenvalue weighted by atomic mass is 79.9. The number of carboxylic acids is 1. The molecule has 1 aromatic carbocycles. The fourth-order valence-corrected chi connectivity index (χ4v) is 2.35. The van der Waals surface area contributed by atoms with Crippen molar-refractivity contribution in [2.24, 2.45) is 0 Å².